The number of aryl methyl sites for hydroxylation is 2. The van der Waals surface area contributed by atoms with Crippen LogP contribution in [0.2, 0.25) is 0 Å². The minimum absolute atomic E-state index is 0.294. The van der Waals surface area contributed by atoms with Gasteiger partial charge in [-0.1, -0.05) is 5.16 Å². The maximum Gasteiger partial charge on any atom is 0.417 e. The van der Waals surface area contributed by atoms with Gasteiger partial charge in [-0.05, 0) is 32.9 Å². The van der Waals surface area contributed by atoms with Crippen molar-refractivity contribution in [2.45, 2.75) is 33.5 Å². The topological polar surface area (TPSA) is 96.3 Å². The van der Waals surface area contributed by atoms with Gasteiger partial charge in [0.15, 0.2) is 12.4 Å². The number of ether oxygens (including phenoxy) is 1. The molecule has 0 aliphatic rings. The average molecular weight is 437 g/mol. The summed E-state index contributed by atoms with van der Waals surface area (Å²) in [5, 5.41) is 3.91. The van der Waals surface area contributed by atoms with E-state index in [4.69, 9.17) is 9.26 Å². The summed E-state index contributed by atoms with van der Waals surface area (Å²) >= 11 is 0. The molecule has 0 atom stereocenters. The Hall–Kier alpha value is -3.63. The molecule has 0 saturated carbocycles. The summed E-state index contributed by atoms with van der Waals surface area (Å²) in [4.78, 5) is 36.2. The van der Waals surface area contributed by atoms with Crippen LogP contribution in [0.15, 0.2) is 39.8 Å². The average Bonchev–Trinajstić information content (AvgIpc) is 3.23. The van der Waals surface area contributed by atoms with Crippen molar-refractivity contribution in [2.24, 2.45) is 0 Å². The van der Waals surface area contributed by atoms with Gasteiger partial charge in [0.25, 0.3) is 5.56 Å². The maximum atomic E-state index is 12.8. The molecule has 0 bridgehead atoms. The molecule has 8 nitrogen and oxygen atoms in total. The normalized spacial score (nSPS) is 11.5. The van der Waals surface area contributed by atoms with Crippen molar-refractivity contribution < 1.29 is 32.0 Å². The van der Waals surface area contributed by atoms with Crippen molar-refractivity contribution in [1.29, 1.82) is 0 Å². The predicted molar refractivity (Wildman–Crippen MR) is 101 cm³/mol. The number of hydrogen-bond acceptors (Lipinski definition) is 6. The number of rotatable bonds is 6. The molecule has 0 radical (unpaired) electrons. The molecule has 3 heterocycles. The van der Waals surface area contributed by atoms with Crippen LogP contribution in [0.4, 0.5) is 13.2 Å². The maximum absolute atomic E-state index is 12.8. The van der Waals surface area contributed by atoms with Gasteiger partial charge in [0.2, 0.25) is 5.78 Å². The second-order valence-corrected chi connectivity index (χ2v) is 6.88. The molecule has 0 aliphatic heterocycles. The minimum atomic E-state index is -4.67. The first-order valence-electron chi connectivity index (χ1n) is 9.06. The van der Waals surface area contributed by atoms with E-state index in [1.165, 1.54) is 0 Å². The second-order valence-electron chi connectivity index (χ2n) is 6.88. The molecule has 164 valence electrons. The van der Waals surface area contributed by atoms with Crippen molar-refractivity contribution in [1.82, 2.24) is 14.3 Å². The third-order valence-corrected chi connectivity index (χ3v) is 4.55. The lowest BCUT2D eigenvalue weighted by atomic mass is 10.1. The van der Waals surface area contributed by atoms with Crippen molar-refractivity contribution >= 4 is 11.8 Å². The molecule has 0 amide bonds. The fraction of sp³-hybridized carbons (Fsp3) is 0.300. The highest BCUT2D eigenvalue weighted by atomic mass is 19.4. The molecule has 0 unspecified atom stereocenters. The van der Waals surface area contributed by atoms with Crippen molar-refractivity contribution in [2.75, 3.05) is 6.61 Å². The third-order valence-electron chi connectivity index (χ3n) is 4.55. The number of pyridine rings is 1. The van der Waals surface area contributed by atoms with E-state index in [2.05, 4.69) is 5.16 Å². The molecular weight excluding hydrogens is 419 g/mol. The van der Waals surface area contributed by atoms with Crippen LogP contribution in [-0.4, -0.2) is 32.7 Å². The Kier molecular flexibility index (Phi) is 5.87. The number of esters is 1. The Balaban J connectivity index is 1.69. The molecule has 0 fully saturated rings. The molecule has 0 saturated heterocycles. The highest BCUT2D eigenvalue weighted by Crippen LogP contribution is 2.28. The van der Waals surface area contributed by atoms with Crippen LogP contribution in [0, 0.1) is 20.8 Å². The van der Waals surface area contributed by atoms with Gasteiger partial charge in [0.05, 0.1) is 5.56 Å². The molecule has 11 heteroatoms. The Morgan fingerprint density at radius 3 is 2.48 bits per heavy atom. The van der Waals surface area contributed by atoms with Crippen LogP contribution in [0.3, 0.4) is 0 Å². The van der Waals surface area contributed by atoms with E-state index < -0.39 is 42.2 Å². The van der Waals surface area contributed by atoms with E-state index in [0.717, 1.165) is 0 Å². The number of carbonyl (C=O) groups excluding carboxylic acids is 2. The Morgan fingerprint density at radius 2 is 1.87 bits per heavy atom. The number of aromatic nitrogens is 3. The number of halogens is 3. The number of alkyl halides is 3. The van der Waals surface area contributed by atoms with Crippen LogP contribution < -0.4 is 5.56 Å². The third kappa shape index (κ3) is 4.76. The van der Waals surface area contributed by atoms with Gasteiger partial charge in [-0.2, -0.15) is 13.2 Å². The zero-order chi connectivity index (χ0) is 22.9. The van der Waals surface area contributed by atoms with E-state index in [0.29, 0.717) is 51.4 Å². The molecular formula is C20H18F3N3O5. The lowest BCUT2D eigenvalue weighted by Gasteiger charge is -2.10. The van der Waals surface area contributed by atoms with Gasteiger partial charge >= 0.3 is 12.1 Å². The highest BCUT2D eigenvalue weighted by Gasteiger charge is 2.31. The Labute approximate surface area is 173 Å². The van der Waals surface area contributed by atoms with Gasteiger partial charge in [-0.3, -0.25) is 19.0 Å². The smallest absolute Gasteiger partial charge is 0.417 e. The summed E-state index contributed by atoms with van der Waals surface area (Å²) in [6.45, 7) is 3.79. The summed E-state index contributed by atoms with van der Waals surface area (Å²) in [7, 11) is 0. The largest absolute Gasteiger partial charge is 0.456 e. The van der Waals surface area contributed by atoms with E-state index in [-0.39, 0.29) is 0 Å². The van der Waals surface area contributed by atoms with E-state index in [9.17, 15) is 27.6 Å². The molecule has 0 aliphatic carbocycles. The number of hydrogen-bond donors (Lipinski definition) is 0. The quantitative estimate of drug-likeness (QED) is 0.435. The van der Waals surface area contributed by atoms with Crippen LogP contribution >= 0.6 is 0 Å². The van der Waals surface area contributed by atoms with Gasteiger partial charge in [0.1, 0.15) is 12.3 Å². The highest BCUT2D eigenvalue weighted by molar-refractivity contribution is 5.99. The lowest BCUT2D eigenvalue weighted by Crippen LogP contribution is -2.27. The Bertz CT molecular complexity index is 1200. The van der Waals surface area contributed by atoms with Crippen molar-refractivity contribution in [3.8, 4) is 5.82 Å². The van der Waals surface area contributed by atoms with Gasteiger partial charge in [-0.15, -0.1) is 0 Å². The van der Waals surface area contributed by atoms with E-state index >= 15 is 0 Å². The molecule has 3 rings (SSSR count). The van der Waals surface area contributed by atoms with Gasteiger partial charge in [-0.25, -0.2) is 0 Å². The fourth-order valence-corrected chi connectivity index (χ4v) is 3.09. The van der Waals surface area contributed by atoms with Crippen molar-refractivity contribution in [3.05, 3.63) is 69.1 Å². The minimum Gasteiger partial charge on any atom is -0.456 e. The zero-order valence-electron chi connectivity index (χ0n) is 16.8. The summed E-state index contributed by atoms with van der Waals surface area (Å²) in [5.41, 5.74) is -0.326. The number of ketones is 1. The van der Waals surface area contributed by atoms with E-state index in [1.54, 1.807) is 37.5 Å². The number of nitrogens with zero attached hydrogens (tertiary/aromatic N) is 3. The van der Waals surface area contributed by atoms with Crippen molar-refractivity contribution in [3.63, 3.8) is 0 Å². The first-order valence-corrected chi connectivity index (χ1v) is 9.06. The van der Waals surface area contributed by atoms with Gasteiger partial charge in [0, 0.05) is 35.3 Å². The molecule has 3 aromatic rings. The predicted octanol–water partition coefficient (Wildman–Crippen LogP) is 3.00. The molecule has 0 spiro atoms. The standard InChI is InChI=1S/C20H18F3N3O5/c1-11-6-15(13(3)26(11)17-7-12(2)31-24-17)16(27)10-30-19(29)9-25-8-14(20(21,22)23)4-5-18(25)28/h4-8H,9-10H2,1-3H3. The van der Waals surface area contributed by atoms with Gasteiger partial charge < -0.3 is 13.8 Å². The molecule has 31 heavy (non-hydrogen) atoms. The number of carbonyl (C=O) groups is 2. The van der Waals surface area contributed by atoms with Crippen LogP contribution in [0.25, 0.3) is 5.82 Å². The monoisotopic (exact) mass is 437 g/mol. The lowest BCUT2D eigenvalue weighted by molar-refractivity contribution is -0.144. The SMILES string of the molecule is Cc1cc(-n2c(C)cc(C(=O)COC(=O)Cn3cc(C(F)(F)F)ccc3=O)c2C)no1. The number of Topliss-reactive ketones (excluding diaryl/α,β-unsaturated/α-hetero) is 1. The first kappa shape index (κ1) is 22.1. The molecule has 0 aromatic carbocycles. The summed E-state index contributed by atoms with van der Waals surface area (Å²) in [6.07, 6.45) is -4.14. The zero-order valence-corrected chi connectivity index (χ0v) is 16.8. The summed E-state index contributed by atoms with van der Waals surface area (Å²) < 4.78 is 50.6. The first-order chi connectivity index (χ1) is 14.5. The molecule has 3 aromatic heterocycles. The van der Waals surface area contributed by atoms with Crippen LogP contribution in [0.1, 0.15) is 33.1 Å². The summed E-state index contributed by atoms with van der Waals surface area (Å²) in [5.74, 6) is -0.443. The molecule has 0 N–H and O–H groups in total. The fourth-order valence-electron chi connectivity index (χ4n) is 3.09. The Morgan fingerprint density at radius 1 is 1.16 bits per heavy atom. The summed E-state index contributed by atoms with van der Waals surface area (Å²) in [6, 6.07) is 4.63. The van der Waals surface area contributed by atoms with E-state index in [1.807, 2.05) is 0 Å². The van der Waals surface area contributed by atoms with Crippen LogP contribution in [0.5, 0.6) is 0 Å². The van der Waals surface area contributed by atoms with Crippen LogP contribution in [-0.2, 0) is 22.3 Å². The second kappa shape index (κ2) is 8.25.